The molecule has 0 saturated carbocycles. The van der Waals surface area contributed by atoms with E-state index in [-0.39, 0.29) is 24.4 Å². The molecule has 1 heterocycles. The summed E-state index contributed by atoms with van der Waals surface area (Å²) in [4.78, 5) is 14.1. The molecule has 5 heteroatoms. The number of hydrogen-bond donors (Lipinski definition) is 1. The van der Waals surface area contributed by atoms with E-state index in [9.17, 15) is 4.79 Å². The van der Waals surface area contributed by atoms with Crippen molar-refractivity contribution >= 4 is 30.1 Å². The zero-order valence-electron chi connectivity index (χ0n) is 11.4. The first-order valence-corrected chi connectivity index (χ1v) is 7.46. The standard InChI is InChI=1S/C14H20N2OS.ClH/c1-11-3-5-12(6-4-11)13-10-18-8-7-16(13)14(17)9-15-2;/h3-6,13,15H,7-10H2,1-2H3;1H. The highest BCUT2D eigenvalue weighted by atomic mass is 35.5. The lowest BCUT2D eigenvalue weighted by molar-refractivity contribution is -0.132. The smallest absolute Gasteiger partial charge is 0.237 e. The van der Waals surface area contributed by atoms with Gasteiger partial charge in [-0.15, -0.1) is 12.4 Å². The van der Waals surface area contributed by atoms with Crippen LogP contribution in [0.1, 0.15) is 17.2 Å². The van der Waals surface area contributed by atoms with E-state index in [1.165, 1.54) is 11.1 Å². The summed E-state index contributed by atoms with van der Waals surface area (Å²) in [6.45, 7) is 3.36. The average molecular weight is 301 g/mol. The molecule has 1 aliphatic rings. The first kappa shape index (κ1) is 16.3. The Balaban J connectivity index is 0.00000180. The highest BCUT2D eigenvalue weighted by molar-refractivity contribution is 7.99. The first-order valence-electron chi connectivity index (χ1n) is 6.30. The fourth-order valence-electron chi connectivity index (χ4n) is 2.22. The number of benzene rings is 1. The summed E-state index contributed by atoms with van der Waals surface area (Å²) < 4.78 is 0. The molecule has 1 saturated heterocycles. The molecule has 1 aromatic rings. The van der Waals surface area contributed by atoms with Gasteiger partial charge in [-0.05, 0) is 19.5 Å². The van der Waals surface area contributed by atoms with E-state index in [2.05, 4.69) is 36.5 Å². The van der Waals surface area contributed by atoms with Crippen LogP contribution in [0.2, 0.25) is 0 Å². The average Bonchev–Trinajstić information content (AvgIpc) is 2.40. The number of amides is 1. The molecule has 0 spiro atoms. The molecule has 3 nitrogen and oxygen atoms in total. The zero-order valence-corrected chi connectivity index (χ0v) is 13.0. The largest absolute Gasteiger partial charge is 0.333 e. The van der Waals surface area contributed by atoms with Gasteiger partial charge < -0.3 is 10.2 Å². The van der Waals surface area contributed by atoms with Crippen molar-refractivity contribution in [3.63, 3.8) is 0 Å². The van der Waals surface area contributed by atoms with Crippen LogP contribution in [0, 0.1) is 6.92 Å². The Labute approximate surface area is 125 Å². The van der Waals surface area contributed by atoms with E-state index in [0.717, 1.165) is 18.1 Å². The van der Waals surface area contributed by atoms with Gasteiger partial charge in [-0.1, -0.05) is 29.8 Å². The van der Waals surface area contributed by atoms with Crippen molar-refractivity contribution in [3.05, 3.63) is 35.4 Å². The topological polar surface area (TPSA) is 32.3 Å². The van der Waals surface area contributed by atoms with Crippen LogP contribution in [0.25, 0.3) is 0 Å². The number of aryl methyl sites for hydroxylation is 1. The molecule has 1 amide bonds. The monoisotopic (exact) mass is 300 g/mol. The molecule has 0 aliphatic carbocycles. The molecular formula is C14H21ClN2OS. The van der Waals surface area contributed by atoms with Crippen molar-refractivity contribution in [2.45, 2.75) is 13.0 Å². The lowest BCUT2D eigenvalue weighted by Crippen LogP contribution is -2.44. The number of halogens is 1. The summed E-state index contributed by atoms with van der Waals surface area (Å²) in [5, 5.41) is 2.95. The van der Waals surface area contributed by atoms with E-state index in [1.54, 1.807) is 0 Å². The van der Waals surface area contributed by atoms with Gasteiger partial charge in [-0.3, -0.25) is 4.79 Å². The molecule has 0 aromatic heterocycles. The van der Waals surface area contributed by atoms with Gasteiger partial charge in [0.15, 0.2) is 0 Å². The second kappa shape index (κ2) is 7.78. The lowest BCUT2D eigenvalue weighted by Gasteiger charge is -2.36. The zero-order chi connectivity index (χ0) is 13.0. The Kier molecular flexibility index (Phi) is 6.69. The maximum atomic E-state index is 12.1. The van der Waals surface area contributed by atoms with E-state index < -0.39 is 0 Å². The summed E-state index contributed by atoms with van der Waals surface area (Å²) in [6, 6.07) is 8.76. The van der Waals surface area contributed by atoms with Crippen molar-refractivity contribution in [1.29, 1.82) is 0 Å². The number of thioether (sulfide) groups is 1. The molecule has 1 fully saturated rings. The molecule has 1 atom stereocenters. The minimum absolute atomic E-state index is 0. The highest BCUT2D eigenvalue weighted by Crippen LogP contribution is 2.29. The molecular weight excluding hydrogens is 280 g/mol. The van der Waals surface area contributed by atoms with Crippen LogP contribution in [0.15, 0.2) is 24.3 Å². The third-order valence-electron chi connectivity index (χ3n) is 3.24. The Morgan fingerprint density at radius 3 is 2.74 bits per heavy atom. The van der Waals surface area contributed by atoms with Crippen molar-refractivity contribution in [1.82, 2.24) is 10.2 Å². The fourth-order valence-corrected chi connectivity index (χ4v) is 3.31. The van der Waals surface area contributed by atoms with Crippen LogP contribution < -0.4 is 5.32 Å². The van der Waals surface area contributed by atoms with Crippen LogP contribution in [0.3, 0.4) is 0 Å². The van der Waals surface area contributed by atoms with Crippen LogP contribution in [0.5, 0.6) is 0 Å². The highest BCUT2D eigenvalue weighted by Gasteiger charge is 2.27. The Bertz CT molecular complexity index is 410. The maximum absolute atomic E-state index is 12.1. The fraction of sp³-hybridized carbons (Fsp3) is 0.500. The Hall–Kier alpha value is -0.710. The molecule has 1 N–H and O–H groups in total. The summed E-state index contributed by atoms with van der Waals surface area (Å²) in [5.74, 6) is 2.24. The SMILES string of the molecule is CNCC(=O)N1CCSCC1c1ccc(C)cc1.Cl. The number of carbonyl (C=O) groups is 1. The third-order valence-corrected chi connectivity index (χ3v) is 4.26. The normalized spacial score (nSPS) is 18.8. The van der Waals surface area contributed by atoms with Crippen LogP contribution >= 0.6 is 24.2 Å². The summed E-state index contributed by atoms with van der Waals surface area (Å²) in [7, 11) is 1.82. The molecule has 0 radical (unpaired) electrons. The lowest BCUT2D eigenvalue weighted by atomic mass is 10.0. The third kappa shape index (κ3) is 4.13. The predicted molar refractivity (Wildman–Crippen MR) is 84.1 cm³/mol. The number of nitrogens with one attached hydrogen (secondary N) is 1. The minimum Gasteiger partial charge on any atom is -0.333 e. The molecule has 19 heavy (non-hydrogen) atoms. The van der Waals surface area contributed by atoms with Gasteiger partial charge in [0.05, 0.1) is 12.6 Å². The number of rotatable bonds is 3. The van der Waals surface area contributed by atoms with E-state index in [0.29, 0.717) is 6.54 Å². The van der Waals surface area contributed by atoms with Crippen LogP contribution in [0.4, 0.5) is 0 Å². The summed E-state index contributed by atoms with van der Waals surface area (Å²) >= 11 is 1.93. The van der Waals surface area contributed by atoms with Crippen molar-refractivity contribution in [2.24, 2.45) is 0 Å². The minimum atomic E-state index is 0. The van der Waals surface area contributed by atoms with Crippen LogP contribution in [-0.2, 0) is 4.79 Å². The van der Waals surface area contributed by atoms with Crippen molar-refractivity contribution in [3.8, 4) is 0 Å². The van der Waals surface area contributed by atoms with Gasteiger partial charge in [-0.25, -0.2) is 0 Å². The first-order chi connectivity index (χ1) is 8.72. The van der Waals surface area contributed by atoms with Gasteiger partial charge in [0.1, 0.15) is 0 Å². The molecule has 1 unspecified atom stereocenters. The van der Waals surface area contributed by atoms with Crippen molar-refractivity contribution < 1.29 is 4.79 Å². The molecule has 1 aliphatic heterocycles. The number of hydrogen-bond acceptors (Lipinski definition) is 3. The molecule has 2 rings (SSSR count). The summed E-state index contributed by atoms with van der Waals surface area (Å²) in [5.41, 5.74) is 2.51. The molecule has 106 valence electrons. The Morgan fingerprint density at radius 1 is 1.42 bits per heavy atom. The second-order valence-corrected chi connectivity index (χ2v) is 5.77. The van der Waals surface area contributed by atoms with E-state index >= 15 is 0 Å². The van der Waals surface area contributed by atoms with E-state index in [1.807, 2.05) is 23.7 Å². The van der Waals surface area contributed by atoms with Crippen molar-refractivity contribution in [2.75, 3.05) is 31.6 Å². The van der Waals surface area contributed by atoms with Gasteiger partial charge >= 0.3 is 0 Å². The van der Waals surface area contributed by atoms with Gasteiger partial charge in [0.2, 0.25) is 5.91 Å². The van der Waals surface area contributed by atoms with Gasteiger partial charge in [0, 0.05) is 18.1 Å². The van der Waals surface area contributed by atoms with E-state index in [4.69, 9.17) is 0 Å². The van der Waals surface area contributed by atoms with Crippen LogP contribution in [-0.4, -0.2) is 42.4 Å². The second-order valence-electron chi connectivity index (χ2n) is 4.62. The Morgan fingerprint density at radius 2 is 2.11 bits per heavy atom. The quantitative estimate of drug-likeness (QED) is 0.929. The van der Waals surface area contributed by atoms with Gasteiger partial charge in [0.25, 0.3) is 0 Å². The molecule has 1 aromatic carbocycles. The maximum Gasteiger partial charge on any atom is 0.237 e. The number of likely N-dealkylation sites (N-methyl/N-ethyl adjacent to an activating group) is 1. The summed E-state index contributed by atoms with van der Waals surface area (Å²) in [6.07, 6.45) is 0. The predicted octanol–water partition coefficient (Wildman–Crippen LogP) is 2.25. The number of nitrogens with zero attached hydrogens (tertiary/aromatic N) is 1. The number of carbonyl (C=O) groups excluding carboxylic acids is 1. The van der Waals surface area contributed by atoms with Gasteiger partial charge in [-0.2, -0.15) is 11.8 Å². The molecule has 0 bridgehead atoms.